The first-order chi connectivity index (χ1) is 8.91. The summed E-state index contributed by atoms with van der Waals surface area (Å²) in [6, 6.07) is 3.96. The fraction of sp³-hybridized carbons (Fsp3) is 0.600. The Morgan fingerprint density at radius 1 is 1.05 bits per heavy atom. The van der Waals surface area contributed by atoms with Crippen LogP contribution in [0.1, 0.15) is 33.3 Å². The van der Waals surface area contributed by atoms with Crippen molar-refractivity contribution in [1.82, 2.24) is 5.32 Å². The lowest BCUT2D eigenvalue weighted by molar-refractivity contribution is 0.287. The molecule has 0 aromatic heterocycles. The van der Waals surface area contributed by atoms with Gasteiger partial charge in [0, 0.05) is 12.1 Å². The number of ether oxygens (including phenoxy) is 3. The molecule has 0 aliphatic rings. The minimum atomic E-state index is 0.0685. The SMILES string of the molecule is CCOc1c(OC)cc(CNC(C)(C)C)cc1OC. The van der Waals surface area contributed by atoms with E-state index in [1.165, 1.54) is 0 Å². The van der Waals surface area contributed by atoms with Crippen LogP contribution in [-0.4, -0.2) is 26.4 Å². The second kappa shape index (κ2) is 6.66. The standard InChI is InChI=1S/C15H25NO3/c1-7-19-14-12(17-5)8-11(9-13(14)18-6)10-16-15(2,3)4/h8-9,16H,7,10H2,1-6H3. The van der Waals surface area contributed by atoms with Gasteiger partial charge in [-0.2, -0.15) is 0 Å². The van der Waals surface area contributed by atoms with E-state index in [4.69, 9.17) is 14.2 Å². The smallest absolute Gasteiger partial charge is 0.203 e. The summed E-state index contributed by atoms with van der Waals surface area (Å²) in [6.07, 6.45) is 0. The highest BCUT2D eigenvalue weighted by molar-refractivity contribution is 5.53. The van der Waals surface area contributed by atoms with Gasteiger partial charge in [-0.15, -0.1) is 0 Å². The van der Waals surface area contributed by atoms with E-state index >= 15 is 0 Å². The number of benzene rings is 1. The molecule has 4 heteroatoms. The van der Waals surface area contributed by atoms with Gasteiger partial charge in [0.1, 0.15) is 0 Å². The minimum absolute atomic E-state index is 0.0685. The summed E-state index contributed by atoms with van der Waals surface area (Å²) in [4.78, 5) is 0. The van der Waals surface area contributed by atoms with Crippen molar-refractivity contribution < 1.29 is 14.2 Å². The molecule has 0 saturated carbocycles. The maximum Gasteiger partial charge on any atom is 0.203 e. The largest absolute Gasteiger partial charge is 0.493 e. The lowest BCUT2D eigenvalue weighted by Crippen LogP contribution is -2.35. The lowest BCUT2D eigenvalue weighted by atomic mass is 10.1. The Kier molecular flexibility index (Phi) is 5.48. The van der Waals surface area contributed by atoms with E-state index in [-0.39, 0.29) is 5.54 Å². The van der Waals surface area contributed by atoms with Crippen LogP contribution in [0, 0.1) is 0 Å². The Morgan fingerprint density at radius 3 is 1.95 bits per heavy atom. The van der Waals surface area contributed by atoms with Gasteiger partial charge in [0.05, 0.1) is 20.8 Å². The first-order valence-corrected chi connectivity index (χ1v) is 6.54. The van der Waals surface area contributed by atoms with Gasteiger partial charge in [-0.3, -0.25) is 0 Å². The summed E-state index contributed by atoms with van der Waals surface area (Å²) in [5.74, 6) is 2.06. The molecule has 0 aliphatic heterocycles. The summed E-state index contributed by atoms with van der Waals surface area (Å²) in [5.41, 5.74) is 1.17. The second-order valence-electron chi connectivity index (χ2n) is 5.37. The molecule has 1 aromatic rings. The van der Waals surface area contributed by atoms with Crippen LogP contribution in [0.4, 0.5) is 0 Å². The van der Waals surface area contributed by atoms with Gasteiger partial charge < -0.3 is 19.5 Å². The summed E-state index contributed by atoms with van der Waals surface area (Å²) in [5, 5.41) is 3.44. The lowest BCUT2D eigenvalue weighted by Gasteiger charge is -2.21. The van der Waals surface area contributed by atoms with Gasteiger partial charge in [-0.25, -0.2) is 0 Å². The Bertz CT molecular complexity index is 385. The third kappa shape index (κ3) is 4.63. The maximum absolute atomic E-state index is 5.58. The Hall–Kier alpha value is -1.42. The molecule has 0 saturated heterocycles. The molecule has 1 rings (SSSR count). The number of hydrogen-bond acceptors (Lipinski definition) is 4. The quantitative estimate of drug-likeness (QED) is 0.860. The van der Waals surface area contributed by atoms with E-state index in [1.807, 2.05) is 19.1 Å². The van der Waals surface area contributed by atoms with Crippen LogP contribution in [0.25, 0.3) is 0 Å². The summed E-state index contributed by atoms with van der Waals surface area (Å²) in [7, 11) is 3.27. The van der Waals surface area contributed by atoms with Crippen LogP contribution in [0.15, 0.2) is 12.1 Å². The molecular weight excluding hydrogens is 242 g/mol. The summed E-state index contributed by atoms with van der Waals surface area (Å²) < 4.78 is 16.3. The van der Waals surface area contributed by atoms with E-state index in [1.54, 1.807) is 14.2 Å². The van der Waals surface area contributed by atoms with Gasteiger partial charge in [-0.1, -0.05) is 0 Å². The molecule has 0 atom stereocenters. The first-order valence-electron chi connectivity index (χ1n) is 6.54. The van der Waals surface area contributed by atoms with Crippen molar-refractivity contribution in [2.75, 3.05) is 20.8 Å². The molecule has 0 aliphatic carbocycles. The zero-order valence-corrected chi connectivity index (χ0v) is 12.8. The van der Waals surface area contributed by atoms with Crippen LogP contribution >= 0.6 is 0 Å². The average molecular weight is 267 g/mol. The highest BCUT2D eigenvalue weighted by Gasteiger charge is 2.15. The molecule has 0 fully saturated rings. The van der Waals surface area contributed by atoms with Gasteiger partial charge in [-0.05, 0) is 45.4 Å². The fourth-order valence-corrected chi connectivity index (χ4v) is 1.69. The van der Waals surface area contributed by atoms with E-state index in [9.17, 15) is 0 Å². The number of rotatable bonds is 6. The van der Waals surface area contributed by atoms with Gasteiger partial charge in [0.15, 0.2) is 11.5 Å². The minimum Gasteiger partial charge on any atom is -0.493 e. The first kappa shape index (κ1) is 15.6. The number of nitrogens with one attached hydrogen (secondary N) is 1. The van der Waals surface area contributed by atoms with Crippen molar-refractivity contribution in [1.29, 1.82) is 0 Å². The van der Waals surface area contributed by atoms with Gasteiger partial charge >= 0.3 is 0 Å². The zero-order chi connectivity index (χ0) is 14.5. The third-order valence-electron chi connectivity index (χ3n) is 2.63. The monoisotopic (exact) mass is 267 g/mol. The van der Waals surface area contributed by atoms with Crippen molar-refractivity contribution in [2.24, 2.45) is 0 Å². The summed E-state index contributed by atoms with van der Waals surface area (Å²) in [6.45, 7) is 9.67. The average Bonchev–Trinajstić information content (AvgIpc) is 2.36. The molecule has 0 spiro atoms. The molecule has 19 heavy (non-hydrogen) atoms. The highest BCUT2D eigenvalue weighted by Crippen LogP contribution is 2.38. The number of methoxy groups -OCH3 is 2. The maximum atomic E-state index is 5.58. The molecular formula is C15H25NO3. The fourth-order valence-electron chi connectivity index (χ4n) is 1.69. The van der Waals surface area contributed by atoms with Crippen LogP contribution in [0.5, 0.6) is 17.2 Å². The van der Waals surface area contributed by atoms with E-state index in [0.717, 1.165) is 12.1 Å². The van der Waals surface area contributed by atoms with Crippen molar-refractivity contribution in [3.05, 3.63) is 17.7 Å². The third-order valence-corrected chi connectivity index (χ3v) is 2.63. The molecule has 1 aromatic carbocycles. The van der Waals surface area contributed by atoms with Crippen LogP contribution in [0.2, 0.25) is 0 Å². The molecule has 0 unspecified atom stereocenters. The van der Waals surface area contributed by atoms with Gasteiger partial charge in [0.25, 0.3) is 0 Å². The molecule has 0 heterocycles. The zero-order valence-electron chi connectivity index (χ0n) is 12.8. The van der Waals surface area contributed by atoms with E-state index in [0.29, 0.717) is 23.9 Å². The molecule has 108 valence electrons. The van der Waals surface area contributed by atoms with Crippen LogP contribution in [0.3, 0.4) is 0 Å². The Balaban J connectivity index is 3.01. The van der Waals surface area contributed by atoms with Crippen molar-refractivity contribution in [3.8, 4) is 17.2 Å². The topological polar surface area (TPSA) is 39.7 Å². The van der Waals surface area contributed by atoms with Gasteiger partial charge in [0.2, 0.25) is 5.75 Å². The van der Waals surface area contributed by atoms with E-state index < -0.39 is 0 Å². The highest BCUT2D eigenvalue weighted by atomic mass is 16.5. The predicted octanol–water partition coefficient (Wildman–Crippen LogP) is 2.99. The van der Waals surface area contributed by atoms with E-state index in [2.05, 4.69) is 26.1 Å². The normalized spacial score (nSPS) is 11.3. The molecule has 4 nitrogen and oxygen atoms in total. The van der Waals surface area contributed by atoms with Crippen molar-refractivity contribution in [3.63, 3.8) is 0 Å². The molecule has 0 radical (unpaired) electrons. The van der Waals surface area contributed by atoms with Crippen LogP contribution in [-0.2, 0) is 6.54 Å². The van der Waals surface area contributed by atoms with Crippen molar-refractivity contribution in [2.45, 2.75) is 39.8 Å². The van der Waals surface area contributed by atoms with Crippen molar-refractivity contribution >= 4 is 0 Å². The summed E-state index contributed by atoms with van der Waals surface area (Å²) >= 11 is 0. The second-order valence-corrected chi connectivity index (χ2v) is 5.37. The number of hydrogen-bond donors (Lipinski definition) is 1. The Morgan fingerprint density at radius 2 is 1.58 bits per heavy atom. The Labute approximate surface area is 116 Å². The predicted molar refractivity (Wildman–Crippen MR) is 77.3 cm³/mol. The molecule has 0 bridgehead atoms. The molecule has 1 N–H and O–H groups in total. The van der Waals surface area contributed by atoms with Crippen LogP contribution < -0.4 is 19.5 Å². The molecule has 0 amide bonds.